The summed E-state index contributed by atoms with van der Waals surface area (Å²) in [5.74, 6) is -2.43. The van der Waals surface area contributed by atoms with E-state index < -0.39 is 41.7 Å². The molecule has 1 unspecified atom stereocenters. The Morgan fingerprint density at radius 1 is 1.00 bits per heavy atom. The summed E-state index contributed by atoms with van der Waals surface area (Å²) in [6, 6.07) is 2.25. The van der Waals surface area contributed by atoms with Gasteiger partial charge in [-0.05, 0) is 57.2 Å². The van der Waals surface area contributed by atoms with Crippen LogP contribution in [0.25, 0.3) is 0 Å². The molecule has 2 amide bonds. The molecule has 2 heterocycles. The summed E-state index contributed by atoms with van der Waals surface area (Å²) in [5, 5.41) is 11.5. The minimum absolute atomic E-state index is 0.0126. The van der Waals surface area contributed by atoms with Crippen molar-refractivity contribution in [2.45, 2.75) is 44.5 Å². The molecule has 6 nitrogen and oxygen atoms in total. The zero-order valence-electron chi connectivity index (χ0n) is 19.1. The van der Waals surface area contributed by atoms with Gasteiger partial charge in [-0.2, -0.15) is 31.6 Å². The van der Waals surface area contributed by atoms with Gasteiger partial charge in [0, 0.05) is 31.1 Å². The van der Waals surface area contributed by atoms with Crippen LogP contribution in [-0.2, 0) is 9.59 Å². The number of carbonyl (C=O) groups excluding carboxylic acids is 2. The molecule has 194 valence electrons. The molecular weight excluding hydrogens is 478 g/mol. The fourth-order valence-electron chi connectivity index (χ4n) is 4.62. The highest BCUT2D eigenvalue weighted by molar-refractivity contribution is 5.81. The largest absolute Gasteiger partial charge is 0.416 e. The van der Waals surface area contributed by atoms with Crippen molar-refractivity contribution in [3.8, 4) is 6.07 Å². The van der Waals surface area contributed by atoms with Crippen LogP contribution in [0.4, 0.5) is 26.3 Å². The third-order valence-corrected chi connectivity index (χ3v) is 6.84. The zero-order valence-corrected chi connectivity index (χ0v) is 19.1. The highest BCUT2D eigenvalue weighted by Crippen LogP contribution is 2.40. The van der Waals surface area contributed by atoms with Gasteiger partial charge in [-0.15, -0.1) is 0 Å². The summed E-state index contributed by atoms with van der Waals surface area (Å²) in [4.78, 5) is 28.7. The SMILES string of the molecule is N#CC1CCN(CC(=O)N2CCC(CNC(=O)C3C=C(C(F)(F)F)C=C(C(F)(F)F)C3)CC2)CC1. The van der Waals surface area contributed by atoms with E-state index in [4.69, 9.17) is 5.26 Å². The maximum atomic E-state index is 13.1. The Morgan fingerprint density at radius 3 is 2.17 bits per heavy atom. The van der Waals surface area contributed by atoms with Crippen LogP contribution in [0, 0.1) is 29.1 Å². The van der Waals surface area contributed by atoms with Crippen LogP contribution in [0.15, 0.2) is 23.3 Å². The monoisotopic (exact) mass is 506 g/mol. The summed E-state index contributed by atoms with van der Waals surface area (Å²) in [6.07, 6.45) is -7.54. The summed E-state index contributed by atoms with van der Waals surface area (Å²) < 4.78 is 78.3. The molecule has 0 bridgehead atoms. The molecule has 1 aliphatic carbocycles. The van der Waals surface area contributed by atoms with Gasteiger partial charge in [-0.25, -0.2) is 0 Å². The van der Waals surface area contributed by atoms with Gasteiger partial charge in [0.2, 0.25) is 11.8 Å². The van der Waals surface area contributed by atoms with E-state index in [0.717, 1.165) is 12.8 Å². The minimum atomic E-state index is -4.99. The van der Waals surface area contributed by atoms with Crippen LogP contribution >= 0.6 is 0 Å². The van der Waals surface area contributed by atoms with E-state index in [1.165, 1.54) is 0 Å². The van der Waals surface area contributed by atoms with Crippen molar-refractivity contribution in [2.75, 3.05) is 39.3 Å². The lowest BCUT2D eigenvalue weighted by Crippen LogP contribution is -2.47. The van der Waals surface area contributed by atoms with E-state index in [0.29, 0.717) is 45.1 Å². The molecule has 3 rings (SSSR count). The van der Waals surface area contributed by atoms with E-state index >= 15 is 0 Å². The van der Waals surface area contributed by atoms with Crippen molar-refractivity contribution in [1.29, 1.82) is 5.26 Å². The Bertz CT molecular complexity index is 889. The molecule has 0 aromatic rings. The first-order chi connectivity index (χ1) is 16.4. The highest BCUT2D eigenvalue weighted by Gasteiger charge is 2.43. The molecule has 0 aromatic heterocycles. The molecular formula is C23H28F6N4O2. The van der Waals surface area contributed by atoms with E-state index in [1.54, 1.807) is 4.90 Å². The topological polar surface area (TPSA) is 76.4 Å². The number of piperidine rings is 2. The quantitative estimate of drug-likeness (QED) is 0.579. The number of rotatable bonds is 5. The number of likely N-dealkylation sites (tertiary alicyclic amines) is 2. The van der Waals surface area contributed by atoms with Crippen LogP contribution in [0.1, 0.15) is 32.1 Å². The van der Waals surface area contributed by atoms with Crippen LogP contribution in [0.2, 0.25) is 0 Å². The van der Waals surface area contributed by atoms with Crippen molar-refractivity contribution in [2.24, 2.45) is 17.8 Å². The molecule has 0 aromatic carbocycles. The maximum absolute atomic E-state index is 13.1. The third-order valence-electron chi connectivity index (χ3n) is 6.84. The van der Waals surface area contributed by atoms with Crippen molar-refractivity contribution in [3.63, 3.8) is 0 Å². The number of nitrogens with zero attached hydrogens (tertiary/aromatic N) is 3. The predicted molar refractivity (Wildman–Crippen MR) is 113 cm³/mol. The summed E-state index contributed by atoms with van der Waals surface area (Å²) >= 11 is 0. The molecule has 2 aliphatic heterocycles. The second kappa shape index (κ2) is 11.0. The molecule has 1 N–H and O–H groups in total. The Hall–Kier alpha value is -2.55. The number of nitrogens with one attached hydrogen (secondary N) is 1. The van der Waals surface area contributed by atoms with E-state index in [9.17, 15) is 35.9 Å². The standard InChI is InChI=1S/C23H28F6N4O2/c24-22(25,26)18-9-17(10-19(11-18)23(27,28)29)21(35)31-13-16-3-7-33(8-4-16)20(34)14-32-5-1-15(12-30)2-6-32/h9,11,15-17H,1-8,10,13-14H2,(H,31,35). The highest BCUT2D eigenvalue weighted by atomic mass is 19.4. The molecule has 0 spiro atoms. The van der Waals surface area contributed by atoms with Gasteiger partial charge in [0.25, 0.3) is 0 Å². The first-order valence-electron chi connectivity index (χ1n) is 11.6. The normalized spacial score (nSPS) is 23.3. The van der Waals surface area contributed by atoms with Gasteiger partial charge in [0.05, 0.1) is 24.1 Å². The summed E-state index contributed by atoms with van der Waals surface area (Å²) in [7, 11) is 0. The Morgan fingerprint density at radius 2 is 1.63 bits per heavy atom. The van der Waals surface area contributed by atoms with E-state index in [2.05, 4.69) is 11.4 Å². The van der Waals surface area contributed by atoms with Gasteiger partial charge >= 0.3 is 12.4 Å². The number of hydrogen-bond donors (Lipinski definition) is 1. The first-order valence-corrected chi connectivity index (χ1v) is 11.6. The Kier molecular flexibility index (Phi) is 8.51. The van der Waals surface area contributed by atoms with Gasteiger partial charge in [-0.3, -0.25) is 14.5 Å². The Labute approximate surface area is 199 Å². The number of allylic oxidation sites excluding steroid dienone is 3. The zero-order chi connectivity index (χ0) is 25.8. The predicted octanol–water partition coefficient (Wildman–Crippen LogP) is 3.57. The van der Waals surface area contributed by atoms with Gasteiger partial charge < -0.3 is 10.2 Å². The van der Waals surface area contributed by atoms with Crippen molar-refractivity contribution in [3.05, 3.63) is 23.3 Å². The smallest absolute Gasteiger partial charge is 0.355 e. The average molecular weight is 506 g/mol. The van der Waals surface area contributed by atoms with Crippen molar-refractivity contribution >= 4 is 11.8 Å². The number of halogens is 6. The van der Waals surface area contributed by atoms with Crippen molar-refractivity contribution in [1.82, 2.24) is 15.1 Å². The lowest BCUT2D eigenvalue weighted by Gasteiger charge is -2.35. The van der Waals surface area contributed by atoms with Crippen molar-refractivity contribution < 1.29 is 35.9 Å². The molecule has 0 saturated carbocycles. The molecule has 0 radical (unpaired) electrons. The third kappa shape index (κ3) is 7.46. The first kappa shape index (κ1) is 27.0. The van der Waals surface area contributed by atoms with Crippen LogP contribution in [0.5, 0.6) is 0 Å². The molecule has 2 fully saturated rings. The van der Waals surface area contributed by atoms with Crippen LogP contribution in [0.3, 0.4) is 0 Å². The summed E-state index contributed by atoms with van der Waals surface area (Å²) in [6.45, 7) is 2.74. The molecule has 35 heavy (non-hydrogen) atoms. The minimum Gasteiger partial charge on any atom is -0.355 e. The lowest BCUT2D eigenvalue weighted by molar-refractivity contribution is -0.134. The number of hydrogen-bond acceptors (Lipinski definition) is 4. The lowest BCUT2D eigenvalue weighted by atomic mass is 9.88. The van der Waals surface area contributed by atoms with E-state index in [-0.39, 0.29) is 36.9 Å². The second-order valence-corrected chi connectivity index (χ2v) is 9.35. The van der Waals surface area contributed by atoms with Gasteiger partial charge in [-0.1, -0.05) is 6.08 Å². The number of carbonyl (C=O) groups is 2. The second-order valence-electron chi connectivity index (χ2n) is 9.35. The fraction of sp³-hybridized carbons (Fsp3) is 0.696. The maximum Gasteiger partial charge on any atom is 0.416 e. The fourth-order valence-corrected chi connectivity index (χ4v) is 4.62. The molecule has 3 aliphatic rings. The summed E-state index contributed by atoms with van der Waals surface area (Å²) in [5.41, 5.74) is -2.85. The van der Waals surface area contributed by atoms with Gasteiger partial charge in [0.15, 0.2) is 0 Å². The van der Waals surface area contributed by atoms with Crippen LogP contribution < -0.4 is 5.32 Å². The van der Waals surface area contributed by atoms with Crippen LogP contribution in [-0.4, -0.2) is 73.2 Å². The molecule has 2 saturated heterocycles. The molecule has 12 heteroatoms. The number of alkyl halides is 6. The van der Waals surface area contributed by atoms with Gasteiger partial charge in [0.1, 0.15) is 0 Å². The number of amides is 2. The van der Waals surface area contributed by atoms with E-state index in [1.807, 2.05) is 4.90 Å². The number of nitriles is 1. The average Bonchev–Trinajstić information content (AvgIpc) is 2.82. The molecule has 1 atom stereocenters. The Balaban J connectivity index is 1.45.